The van der Waals surface area contributed by atoms with Crippen LogP contribution < -0.4 is 10.5 Å². The highest BCUT2D eigenvalue weighted by atomic mass is 16.8. The number of likely N-dealkylation sites (N-methyl/N-ethyl adjacent to an activating group) is 1. The standard InChI is InChI=1S/C14H25N7O4/c1-12-16-11-13(20(22)23)19(12)10-9-17(2)6-3-4-7-18-8-5-15-14(18)21(24)25/h5,8,11,20-22,24H,3-4,6-7,9-10H2,1-2H3. The number of imidazole rings is 2. The van der Waals surface area contributed by atoms with Gasteiger partial charge in [0.15, 0.2) is 0 Å². The van der Waals surface area contributed by atoms with Crippen molar-refractivity contribution in [3.63, 3.8) is 0 Å². The first-order chi connectivity index (χ1) is 11.9. The Hall–Kier alpha value is -1.86. The minimum absolute atomic E-state index is 0.0603. The minimum Gasteiger partial charge on any atom is -0.594 e. The topological polar surface area (TPSA) is 134 Å². The van der Waals surface area contributed by atoms with E-state index in [-0.39, 0.29) is 11.8 Å². The number of hydrogen-bond acceptors (Lipinski definition) is 7. The molecule has 0 amide bonds. The number of nitrogens with zero attached hydrogens (tertiary/aromatic N) is 5. The van der Waals surface area contributed by atoms with Crippen molar-refractivity contribution in [1.29, 1.82) is 0 Å². The van der Waals surface area contributed by atoms with Crippen molar-refractivity contribution in [2.75, 3.05) is 20.1 Å². The lowest BCUT2D eigenvalue weighted by Gasteiger charge is -2.19. The summed E-state index contributed by atoms with van der Waals surface area (Å²) in [6, 6.07) is 0. The van der Waals surface area contributed by atoms with E-state index in [1.54, 1.807) is 22.3 Å². The average molecular weight is 355 g/mol. The van der Waals surface area contributed by atoms with Gasteiger partial charge in [0.2, 0.25) is 0 Å². The molecule has 0 aliphatic rings. The SMILES string of the molecule is Cc1ncc([NH+]([O-])O)n1CCN(C)CCCCn1ccnc1[NH+]([O-])O. The molecule has 25 heavy (non-hydrogen) atoms. The largest absolute Gasteiger partial charge is 0.594 e. The number of hydrogen-bond donors (Lipinski definition) is 4. The highest BCUT2D eigenvalue weighted by molar-refractivity contribution is 5.17. The molecule has 0 aliphatic carbocycles. The van der Waals surface area contributed by atoms with Gasteiger partial charge in [-0.2, -0.15) is 15.4 Å². The van der Waals surface area contributed by atoms with E-state index in [2.05, 4.69) is 14.9 Å². The van der Waals surface area contributed by atoms with Crippen molar-refractivity contribution in [1.82, 2.24) is 24.0 Å². The zero-order valence-corrected chi connectivity index (χ0v) is 14.4. The summed E-state index contributed by atoms with van der Waals surface area (Å²) in [5, 5.41) is 38.3. The summed E-state index contributed by atoms with van der Waals surface area (Å²) < 4.78 is 3.33. The van der Waals surface area contributed by atoms with E-state index in [1.807, 2.05) is 7.05 Å². The predicted octanol–water partition coefficient (Wildman–Crippen LogP) is -1.39. The molecule has 0 aliphatic heterocycles. The first kappa shape index (κ1) is 19.5. The predicted molar refractivity (Wildman–Crippen MR) is 87.5 cm³/mol. The molecule has 0 bridgehead atoms. The maximum absolute atomic E-state index is 11.2. The van der Waals surface area contributed by atoms with E-state index in [0.717, 1.165) is 19.4 Å². The summed E-state index contributed by atoms with van der Waals surface area (Å²) in [5.74, 6) is 0.949. The molecule has 0 saturated heterocycles. The normalized spacial score (nSPS) is 14.2. The fourth-order valence-corrected chi connectivity index (χ4v) is 2.66. The molecular weight excluding hydrogens is 330 g/mol. The summed E-state index contributed by atoms with van der Waals surface area (Å²) in [5.41, 5.74) is 0. The van der Waals surface area contributed by atoms with Gasteiger partial charge in [-0.3, -0.25) is 9.13 Å². The Kier molecular flexibility index (Phi) is 7.01. The average Bonchev–Trinajstić information content (AvgIpc) is 3.16. The molecule has 11 heteroatoms. The Morgan fingerprint density at radius 2 is 1.88 bits per heavy atom. The molecule has 4 N–H and O–H groups in total. The van der Waals surface area contributed by atoms with Crippen LogP contribution in [0.3, 0.4) is 0 Å². The number of aromatic nitrogens is 4. The van der Waals surface area contributed by atoms with E-state index < -0.39 is 10.5 Å². The second-order valence-electron chi connectivity index (χ2n) is 5.91. The second kappa shape index (κ2) is 9.01. The van der Waals surface area contributed by atoms with Crippen LogP contribution in [0.1, 0.15) is 18.7 Å². The molecule has 2 aromatic rings. The maximum atomic E-state index is 11.2. The van der Waals surface area contributed by atoms with Gasteiger partial charge in [-0.05, 0) is 33.4 Å². The molecule has 0 aromatic carbocycles. The van der Waals surface area contributed by atoms with Gasteiger partial charge in [-0.25, -0.2) is 15.4 Å². The number of nitrogens with one attached hydrogen (secondary N) is 2. The lowest BCUT2D eigenvalue weighted by atomic mass is 10.3. The fourth-order valence-electron chi connectivity index (χ4n) is 2.66. The van der Waals surface area contributed by atoms with E-state index >= 15 is 0 Å². The molecule has 2 rings (SSSR count). The Morgan fingerprint density at radius 1 is 1.12 bits per heavy atom. The minimum atomic E-state index is -1.02. The first-order valence-electron chi connectivity index (χ1n) is 8.08. The smallest absolute Gasteiger partial charge is 0.340 e. The molecule has 11 nitrogen and oxygen atoms in total. The summed E-state index contributed by atoms with van der Waals surface area (Å²) >= 11 is 0. The van der Waals surface area contributed by atoms with Crippen LogP contribution in [0.5, 0.6) is 0 Å². The van der Waals surface area contributed by atoms with Crippen LogP contribution in [0.15, 0.2) is 18.6 Å². The van der Waals surface area contributed by atoms with Gasteiger partial charge < -0.3 is 15.3 Å². The Morgan fingerprint density at radius 3 is 2.56 bits per heavy atom. The zero-order valence-electron chi connectivity index (χ0n) is 14.4. The van der Waals surface area contributed by atoms with Gasteiger partial charge in [0, 0.05) is 25.8 Å². The Bertz CT molecular complexity index is 655. The van der Waals surface area contributed by atoms with Crippen LogP contribution in [0.2, 0.25) is 0 Å². The maximum Gasteiger partial charge on any atom is 0.340 e. The third-order valence-corrected chi connectivity index (χ3v) is 4.08. The van der Waals surface area contributed by atoms with Gasteiger partial charge in [0.25, 0.3) is 5.82 Å². The second-order valence-corrected chi connectivity index (χ2v) is 5.91. The number of rotatable bonds is 10. The highest BCUT2D eigenvalue weighted by Gasteiger charge is 2.13. The molecule has 0 spiro atoms. The van der Waals surface area contributed by atoms with E-state index in [4.69, 9.17) is 10.4 Å². The van der Waals surface area contributed by atoms with Gasteiger partial charge >= 0.3 is 5.95 Å². The van der Waals surface area contributed by atoms with E-state index in [1.165, 1.54) is 12.4 Å². The monoisotopic (exact) mass is 355 g/mol. The lowest BCUT2D eigenvalue weighted by Crippen LogP contribution is -3.00. The van der Waals surface area contributed by atoms with Gasteiger partial charge in [0.1, 0.15) is 12.0 Å². The van der Waals surface area contributed by atoms with Crippen LogP contribution >= 0.6 is 0 Å². The highest BCUT2D eigenvalue weighted by Crippen LogP contribution is 2.07. The van der Waals surface area contributed by atoms with Crippen molar-refractivity contribution >= 4 is 11.8 Å². The molecule has 2 unspecified atom stereocenters. The Balaban J connectivity index is 1.72. The van der Waals surface area contributed by atoms with Crippen molar-refractivity contribution in [2.45, 2.75) is 32.9 Å². The summed E-state index contributed by atoms with van der Waals surface area (Å²) in [7, 11) is 1.98. The molecule has 2 atom stereocenters. The number of unbranched alkanes of at least 4 members (excludes halogenated alkanes) is 1. The van der Waals surface area contributed by atoms with Gasteiger partial charge in [-0.1, -0.05) is 0 Å². The van der Waals surface area contributed by atoms with Gasteiger partial charge in [-0.15, -0.1) is 0 Å². The van der Waals surface area contributed by atoms with Crippen LogP contribution in [-0.2, 0) is 13.1 Å². The van der Waals surface area contributed by atoms with E-state index in [0.29, 0.717) is 25.5 Å². The number of aryl methyl sites for hydroxylation is 2. The molecule has 2 heterocycles. The summed E-state index contributed by atoms with van der Waals surface area (Å²) in [6.07, 6.45) is 6.28. The van der Waals surface area contributed by atoms with Crippen LogP contribution in [-0.4, -0.2) is 54.6 Å². The summed E-state index contributed by atoms with van der Waals surface area (Å²) in [6.45, 7) is 4.52. The Labute approximate surface area is 145 Å². The molecular formula is C14H25N7O4. The first-order valence-corrected chi connectivity index (χ1v) is 8.08. The van der Waals surface area contributed by atoms with Crippen molar-refractivity contribution < 1.29 is 20.9 Å². The zero-order chi connectivity index (χ0) is 18.4. The third kappa shape index (κ3) is 5.31. The molecule has 0 fully saturated rings. The van der Waals surface area contributed by atoms with Gasteiger partial charge in [0.05, 0.1) is 6.20 Å². The molecule has 140 valence electrons. The summed E-state index contributed by atoms with van der Waals surface area (Å²) in [4.78, 5) is 9.99. The van der Waals surface area contributed by atoms with Crippen LogP contribution in [0.4, 0.5) is 11.8 Å². The van der Waals surface area contributed by atoms with Crippen LogP contribution in [0, 0.1) is 17.3 Å². The van der Waals surface area contributed by atoms with Crippen LogP contribution in [0.25, 0.3) is 0 Å². The van der Waals surface area contributed by atoms with Crippen molar-refractivity contribution in [2.24, 2.45) is 0 Å². The molecule has 0 saturated carbocycles. The quantitative estimate of drug-likeness (QED) is 0.304. The molecule has 2 aromatic heterocycles. The third-order valence-electron chi connectivity index (χ3n) is 4.08. The van der Waals surface area contributed by atoms with E-state index in [9.17, 15) is 10.4 Å². The molecule has 0 radical (unpaired) electrons. The lowest BCUT2D eigenvalue weighted by molar-refractivity contribution is -0.995. The fraction of sp³-hybridized carbons (Fsp3) is 0.571. The van der Waals surface area contributed by atoms with Crippen molar-refractivity contribution in [3.05, 3.63) is 34.8 Å². The van der Waals surface area contributed by atoms with Crippen molar-refractivity contribution in [3.8, 4) is 0 Å². The number of quaternary nitrogens is 2.